The van der Waals surface area contributed by atoms with Crippen LogP contribution in [0.2, 0.25) is 0 Å². The maximum absolute atomic E-state index is 11.3. The summed E-state index contributed by atoms with van der Waals surface area (Å²) in [6, 6.07) is 2.16. The van der Waals surface area contributed by atoms with Gasteiger partial charge in [-0.1, -0.05) is 0 Å². The van der Waals surface area contributed by atoms with Gasteiger partial charge < -0.3 is 35.4 Å². The van der Waals surface area contributed by atoms with E-state index in [2.05, 4.69) is 0 Å². The van der Waals surface area contributed by atoms with Crippen molar-refractivity contribution in [3.05, 3.63) is 17.7 Å². The lowest BCUT2D eigenvalue weighted by atomic mass is 9.85. The van der Waals surface area contributed by atoms with E-state index in [0.29, 0.717) is 0 Å². The van der Waals surface area contributed by atoms with Crippen molar-refractivity contribution in [2.45, 2.75) is 6.10 Å². The number of aliphatic hydroxyl groups is 3. The number of carboxylic acids is 1. The minimum atomic E-state index is -1.62. The van der Waals surface area contributed by atoms with E-state index in [1.807, 2.05) is 0 Å². The predicted molar refractivity (Wildman–Crippen MR) is 70.1 cm³/mol. The quantitative estimate of drug-likeness (QED) is 0.367. The highest BCUT2D eigenvalue weighted by atomic mass is 16.5. The van der Waals surface area contributed by atoms with E-state index in [-0.39, 0.29) is 11.3 Å². The van der Waals surface area contributed by atoms with Gasteiger partial charge in [0.15, 0.2) is 11.5 Å². The number of benzene rings is 1. The van der Waals surface area contributed by atoms with Crippen LogP contribution in [-0.4, -0.2) is 56.9 Å². The molecule has 0 aliphatic carbocycles. The molecule has 1 rings (SSSR count). The van der Waals surface area contributed by atoms with Gasteiger partial charge in [-0.3, -0.25) is 4.79 Å². The van der Waals surface area contributed by atoms with Gasteiger partial charge in [0.05, 0.1) is 19.1 Å². The molecule has 6 N–H and O–H groups in total. The molecule has 0 radical (unpaired) electrons. The third-order valence-corrected chi connectivity index (χ3v) is 3.24. The van der Waals surface area contributed by atoms with E-state index in [0.717, 1.165) is 6.07 Å². The van der Waals surface area contributed by atoms with Crippen LogP contribution in [0, 0.1) is 11.8 Å². The minimum Gasteiger partial charge on any atom is -0.504 e. The van der Waals surface area contributed by atoms with Crippen molar-refractivity contribution in [1.29, 1.82) is 0 Å². The molecule has 1 aromatic carbocycles. The summed E-state index contributed by atoms with van der Waals surface area (Å²) in [5, 5.41) is 56.6. The molecule has 2 atom stereocenters. The SMILES string of the molecule is COc1cc(C(O)C(C(=O)O)C(CO)CO)cc(O)c1O. The molecule has 8 nitrogen and oxygen atoms in total. The number of aliphatic carboxylic acids is 1. The fourth-order valence-electron chi connectivity index (χ4n) is 2.03. The number of methoxy groups -OCH3 is 1. The number of hydrogen-bond donors (Lipinski definition) is 6. The summed E-state index contributed by atoms with van der Waals surface area (Å²) >= 11 is 0. The van der Waals surface area contributed by atoms with Crippen LogP contribution in [0.1, 0.15) is 11.7 Å². The van der Waals surface area contributed by atoms with Gasteiger partial charge in [0.1, 0.15) is 0 Å². The Kier molecular flexibility index (Phi) is 5.77. The van der Waals surface area contributed by atoms with Gasteiger partial charge >= 0.3 is 5.97 Å². The number of aliphatic hydroxyl groups excluding tert-OH is 3. The monoisotopic (exact) mass is 302 g/mol. The van der Waals surface area contributed by atoms with Crippen LogP contribution in [0.4, 0.5) is 0 Å². The summed E-state index contributed by atoms with van der Waals surface area (Å²) in [5.74, 6) is -5.26. The Morgan fingerprint density at radius 1 is 1.24 bits per heavy atom. The average Bonchev–Trinajstić information content (AvgIpc) is 2.46. The van der Waals surface area contributed by atoms with Crippen molar-refractivity contribution in [1.82, 2.24) is 0 Å². The van der Waals surface area contributed by atoms with Crippen LogP contribution in [0.3, 0.4) is 0 Å². The molecule has 0 saturated carbocycles. The van der Waals surface area contributed by atoms with Crippen molar-refractivity contribution in [2.75, 3.05) is 20.3 Å². The van der Waals surface area contributed by atoms with Crippen molar-refractivity contribution in [2.24, 2.45) is 11.8 Å². The first-order valence-electron chi connectivity index (χ1n) is 6.09. The standard InChI is InChI=1S/C13H18O8/c1-21-9-3-6(2-8(16)12(9)18)11(17)10(13(19)20)7(4-14)5-15/h2-3,7,10-11,14-18H,4-5H2,1H3,(H,19,20). The first-order valence-corrected chi connectivity index (χ1v) is 6.09. The van der Waals surface area contributed by atoms with E-state index in [1.165, 1.54) is 13.2 Å². The molecule has 0 aliphatic heterocycles. The van der Waals surface area contributed by atoms with Crippen molar-refractivity contribution in [3.63, 3.8) is 0 Å². The molecule has 8 heteroatoms. The highest BCUT2D eigenvalue weighted by Gasteiger charge is 2.35. The molecule has 118 valence electrons. The number of hydrogen-bond acceptors (Lipinski definition) is 7. The second-order valence-electron chi connectivity index (χ2n) is 4.52. The molecule has 0 saturated heterocycles. The Bertz CT molecular complexity index is 497. The van der Waals surface area contributed by atoms with Crippen LogP contribution < -0.4 is 4.74 Å². The lowest BCUT2D eigenvalue weighted by molar-refractivity contribution is -0.151. The van der Waals surface area contributed by atoms with E-state index >= 15 is 0 Å². The Hall–Kier alpha value is -2.03. The Labute approximate surface area is 120 Å². The summed E-state index contributed by atoms with van der Waals surface area (Å²) in [7, 11) is 1.23. The molecular weight excluding hydrogens is 284 g/mol. The van der Waals surface area contributed by atoms with E-state index < -0.39 is 48.6 Å². The molecule has 0 bridgehead atoms. The second-order valence-corrected chi connectivity index (χ2v) is 4.52. The lowest BCUT2D eigenvalue weighted by Gasteiger charge is -2.25. The zero-order valence-corrected chi connectivity index (χ0v) is 11.3. The van der Waals surface area contributed by atoms with Gasteiger partial charge in [-0.2, -0.15) is 0 Å². The molecule has 0 heterocycles. The van der Waals surface area contributed by atoms with Gasteiger partial charge in [0, 0.05) is 19.1 Å². The molecule has 1 aromatic rings. The molecule has 0 aliphatic rings. The topological polar surface area (TPSA) is 148 Å². The first kappa shape index (κ1) is 17.0. The lowest BCUT2D eigenvalue weighted by Crippen LogP contribution is -2.34. The number of aromatic hydroxyl groups is 2. The summed E-state index contributed by atoms with van der Waals surface area (Å²) in [5.41, 5.74) is -0.0264. The molecule has 2 unspecified atom stereocenters. The maximum Gasteiger partial charge on any atom is 0.309 e. The van der Waals surface area contributed by atoms with Crippen LogP contribution in [0.5, 0.6) is 17.2 Å². The number of ether oxygens (including phenoxy) is 1. The largest absolute Gasteiger partial charge is 0.504 e. The van der Waals surface area contributed by atoms with E-state index in [9.17, 15) is 20.1 Å². The third-order valence-electron chi connectivity index (χ3n) is 3.24. The van der Waals surface area contributed by atoms with E-state index in [1.54, 1.807) is 0 Å². The summed E-state index contributed by atoms with van der Waals surface area (Å²) in [6.07, 6.45) is -1.62. The number of phenols is 2. The fourth-order valence-corrected chi connectivity index (χ4v) is 2.03. The number of carbonyl (C=O) groups is 1. The van der Waals surface area contributed by atoms with Gasteiger partial charge in [0.25, 0.3) is 0 Å². The van der Waals surface area contributed by atoms with Crippen molar-refractivity contribution >= 4 is 5.97 Å². The molecule has 0 fully saturated rings. The molecule has 21 heavy (non-hydrogen) atoms. The highest BCUT2D eigenvalue weighted by molar-refractivity contribution is 5.71. The number of carboxylic acid groups (broad SMARTS) is 1. The summed E-state index contributed by atoms with van der Waals surface area (Å²) in [6.45, 7) is -1.27. The summed E-state index contributed by atoms with van der Waals surface area (Å²) in [4.78, 5) is 11.3. The highest BCUT2D eigenvalue weighted by Crippen LogP contribution is 2.40. The second kappa shape index (κ2) is 7.11. The first-order chi connectivity index (χ1) is 9.87. The zero-order valence-electron chi connectivity index (χ0n) is 11.3. The number of phenolic OH excluding ortho intramolecular Hbond substituents is 2. The molecular formula is C13H18O8. The third kappa shape index (κ3) is 3.54. The Morgan fingerprint density at radius 2 is 1.81 bits per heavy atom. The van der Waals surface area contributed by atoms with Crippen LogP contribution in [0.25, 0.3) is 0 Å². The molecule has 0 spiro atoms. The minimum absolute atomic E-state index is 0.0264. The Balaban J connectivity index is 3.23. The van der Waals surface area contributed by atoms with Gasteiger partial charge in [-0.05, 0) is 17.7 Å². The van der Waals surface area contributed by atoms with Crippen LogP contribution >= 0.6 is 0 Å². The summed E-state index contributed by atoms with van der Waals surface area (Å²) < 4.78 is 4.80. The van der Waals surface area contributed by atoms with Crippen LogP contribution in [0.15, 0.2) is 12.1 Å². The van der Waals surface area contributed by atoms with Gasteiger partial charge in [-0.25, -0.2) is 0 Å². The van der Waals surface area contributed by atoms with Crippen molar-refractivity contribution < 1.29 is 40.2 Å². The van der Waals surface area contributed by atoms with E-state index in [4.69, 9.17) is 20.1 Å². The smallest absolute Gasteiger partial charge is 0.309 e. The predicted octanol–water partition coefficient (Wildman–Crippen LogP) is -0.559. The van der Waals surface area contributed by atoms with Crippen molar-refractivity contribution in [3.8, 4) is 17.2 Å². The zero-order chi connectivity index (χ0) is 16.2. The van der Waals surface area contributed by atoms with Gasteiger partial charge in [-0.15, -0.1) is 0 Å². The average molecular weight is 302 g/mol. The molecule has 0 amide bonds. The maximum atomic E-state index is 11.3. The van der Waals surface area contributed by atoms with Crippen LogP contribution in [-0.2, 0) is 4.79 Å². The fraction of sp³-hybridized carbons (Fsp3) is 0.462. The van der Waals surface area contributed by atoms with Gasteiger partial charge in [0.2, 0.25) is 5.75 Å². The normalized spacial score (nSPS) is 14.0. The molecule has 0 aromatic heterocycles. The Morgan fingerprint density at radius 3 is 2.24 bits per heavy atom. The number of rotatable bonds is 7.